The molecule has 0 aromatic heterocycles. The molecule has 0 bridgehead atoms. The van der Waals surface area contributed by atoms with Crippen molar-refractivity contribution in [1.82, 2.24) is 0 Å². The first-order valence-electron chi connectivity index (χ1n) is 5.24. The van der Waals surface area contributed by atoms with Crippen molar-refractivity contribution in [3.63, 3.8) is 0 Å². The molecule has 0 spiro atoms. The zero-order chi connectivity index (χ0) is 9.10. The third kappa shape index (κ3) is 1.69. The quantitative estimate of drug-likeness (QED) is 0.668. The van der Waals surface area contributed by atoms with E-state index >= 15 is 0 Å². The van der Waals surface area contributed by atoms with Crippen molar-refractivity contribution in [1.29, 1.82) is 0 Å². The van der Waals surface area contributed by atoms with Crippen LogP contribution in [0.4, 0.5) is 5.69 Å². The van der Waals surface area contributed by atoms with Gasteiger partial charge in [-0.2, -0.15) is 0 Å². The molecule has 0 unspecified atom stereocenters. The van der Waals surface area contributed by atoms with E-state index in [0.717, 1.165) is 6.42 Å². The maximum atomic E-state index is 2.51. The topological polar surface area (TPSA) is 3.24 Å². The van der Waals surface area contributed by atoms with E-state index in [-0.39, 0.29) is 0 Å². The van der Waals surface area contributed by atoms with Gasteiger partial charge < -0.3 is 4.90 Å². The molecule has 2 rings (SSSR count). The highest BCUT2D eigenvalue weighted by Gasteiger charge is 2.13. The highest BCUT2D eigenvalue weighted by Crippen LogP contribution is 2.24. The van der Waals surface area contributed by atoms with Gasteiger partial charge in [-0.15, -0.1) is 0 Å². The molecule has 1 aliphatic rings. The Morgan fingerprint density at radius 3 is 2.54 bits per heavy atom. The van der Waals surface area contributed by atoms with Crippen LogP contribution in [-0.2, 0) is 6.42 Å². The number of anilines is 1. The number of aryl methyl sites for hydroxylation is 1. The largest absolute Gasteiger partial charge is 0.371 e. The Hall–Kier alpha value is -0.980. The maximum Gasteiger partial charge on any atom is 0.0398 e. The summed E-state index contributed by atoms with van der Waals surface area (Å²) in [7, 11) is 0. The van der Waals surface area contributed by atoms with E-state index in [1.807, 2.05) is 0 Å². The average molecular weight is 175 g/mol. The molecule has 1 fully saturated rings. The SMILES string of the molecule is CCc1ccccc1N1CCCC1. The Morgan fingerprint density at radius 1 is 1.15 bits per heavy atom. The van der Waals surface area contributed by atoms with Gasteiger partial charge in [0.1, 0.15) is 0 Å². The summed E-state index contributed by atoms with van der Waals surface area (Å²) < 4.78 is 0. The van der Waals surface area contributed by atoms with Gasteiger partial charge in [-0.05, 0) is 30.9 Å². The van der Waals surface area contributed by atoms with Crippen molar-refractivity contribution in [2.75, 3.05) is 18.0 Å². The van der Waals surface area contributed by atoms with Crippen LogP contribution in [0.25, 0.3) is 0 Å². The van der Waals surface area contributed by atoms with Crippen LogP contribution in [0.15, 0.2) is 24.3 Å². The number of nitrogens with zero attached hydrogens (tertiary/aromatic N) is 1. The maximum absolute atomic E-state index is 2.51. The molecule has 0 amide bonds. The molecule has 0 radical (unpaired) electrons. The summed E-state index contributed by atoms with van der Waals surface area (Å²) in [6.45, 7) is 4.73. The predicted molar refractivity (Wildman–Crippen MR) is 57.3 cm³/mol. The van der Waals surface area contributed by atoms with Gasteiger partial charge in [0, 0.05) is 18.8 Å². The van der Waals surface area contributed by atoms with Crippen LogP contribution in [-0.4, -0.2) is 13.1 Å². The number of para-hydroxylation sites is 1. The lowest BCUT2D eigenvalue weighted by Gasteiger charge is -2.20. The fourth-order valence-corrected chi connectivity index (χ4v) is 2.08. The van der Waals surface area contributed by atoms with E-state index in [0.29, 0.717) is 0 Å². The van der Waals surface area contributed by atoms with Crippen LogP contribution in [0.5, 0.6) is 0 Å². The Morgan fingerprint density at radius 2 is 1.85 bits per heavy atom. The van der Waals surface area contributed by atoms with Crippen molar-refractivity contribution in [2.24, 2.45) is 0 Å². The highest BCUT2D eigenvalue weighted by atomic mass is 15.1. The second-order valence-electron chi connectivity index (χ2n) is 3.68. The Kier molecular flexibility index (Phi) is 2.53. The van der Waals surface area contributed by atoms with Gasteiger partial charge in [-0.1, -0.05) is 25.1 Å². The fraction of sp³-hybridized carbons (Fsp3) is 0.500. The first-order chi connectivity index (χ1) is 6.42. The van der Waals surface area contributed by atoms with Gasteiger partial charge in [0.15, 0.2) is 0 Å². The summed E-state index contributed by atoms with van der Waals surface area (Å²) in [5.74, 6) is 0. The minimum Gasteiger partial charge on any atom is -0.371 e. The summed E-state index contributed by atoms with van der Waals surface area (Å²) in [4.78, 5) is 2.51. The van der Waals surface area contributed by atoms with Gasteiger partial charge in [-0.3, -0.25) is 0 Å². The minimum atomic E-state index is 1.15. The summed E-state index contributed by atoms with van der Waals surface area (Å²) in [6.07, 6.45) is 3.86. The number of benzene rings is 1. The van der Waals surface area contributed by atoms with Gasteiger partial charge in [0.25, 0.3) is 0 Å². The van der Waals surface area contributed by atoms with Crippen LogP contribution >= 0.6 is 0 Å². The molecule has 1 heterocycles. The monoisotopic (exact) mass is 175 g/mol. The molecular weight excluding hydrogens is 158 g/mol. The molecule has 1 aliphatic heterocycles. The minimum absolute atomic E-state index is 1.15. The van der Waals surface area contributed by atoms with Gasteiger partial charge in [0.2, 0.25) is 0 Å². The van der Waals surface area contributed by atoms with Crippen molar-refractivity contribution in [3.05, 3.63) is 29.8 Å². The second kappa shape index (κ2) is 3.82. The Balaban J connectivity index is 2.26. The van der Waals surface area contributed by atoms with Crippen molar-refractivity contribution < 1.29 is 0 Å². The zero-order valence-electron chi connectivity index (χ0n) is 8.29. The van der Waals surface area contributed by atoms with E-state index < -0.39 is 0 Å². The summed E-state index contributed by atoms with van der Waals surface area (Å²) in [6, 6.07) is 8.78. The molecule has 1 aromatic carbocycles. The highest BCUT2D eigenvalue weighted by molar-refractivity contribution is 5.54. The molecule has 13 heavy (non-hydrogen) atoms. The summed E-state index contributed by atoms with van der Waals surface area (Å²) in [5, 5.41) is 0. The van der Waals surface area contributed by atoms with E-state index in [4.69, 9.17) is 0 Å². The number of hydrogen-bond acceptors (Lipinski definition) is 1. The molecule has 0 saturated carbocycles. The number of rotatable bonds is 2. The lowest BCUT2D eigenvalue weighted by Crippen LogP contribution is -2.18. The zero-order valence-corrected chi connectivity index (χ0v) is 8.29. The van der Waals surface area contributed by atoms with Gasteiger partial charge in [-0.25, -0.2) is 0 Å². The van der Waals surface area contributed by atoms with E-state index in [1.165, 1.54) is 37.2 Å². The molecular formula is C12H17N. The van der Waals surface area contributed by atoms with E-state index in [2.05, 4.69) is 36.1 Å². The van der Waals surface area contributed by atoms with Gasteiger partial charge in [0.05, 0.1) is 0 Å². The second-order valence-corrected chi connectivity index (χ2v) is 3.68. The van der Waals surface area contributed by atoms with Crippen LogP contribution in [0.1, 0.15) is 25.3 Å². The fourth-order valence-electron chi connectivity index (χ4n) is 2.08. The standard InChI is InChI=1S/C12H17N/c1-2-11-7-3-4-8-12(11)13-9-5-6-10-13/h3-4,7-8H,2,5-6,9-10H2,1H3. The average Bonchev–Trinajstić information content (AvgIpc) is 2.70. The smallest absolute Gasteiger partial charge is 0.0398 e. The summed E-state index contributed by atoms with van der Waals surface area (Å²) in [5.41, 5.74) is 2.95. The molecule has 1 saturated heterocycles. The lowest BCUT2D eigenvalue weighted by molar-refractivity contribution is 0.948. The molecule has 1 aromatic rings. The molecule has 0 N–H and O–H groups in total. The first kappa shape index (κ1) is 8.61. The Labute approximate surface area is 80.4 Å². The van der Waals surface area contributed by atoms with E-state index in [9.17, 15) is 0 Å². The van der Waals surface area contributed by atoms with Crippen LogP contribution in [0, 0.1) is 0 Å². The first-order valence-corrected chi connectivity index (χ1v) is 5.24. The van der Waals surface area contributed by atoms with Crippen LogP contribution in [0.3, 0.4) is 0 Å². The molecule has 70 valence electrons. The number of hydrogen-bond donors (Lipinski definition) is 0. The third-order valence-corrected chi connectivity index (χ3v) is 2.82. The third-order valence-electron chi connectivity index (χ3n) is 2.82. The Bertz CT molecular complexity index is 274. The lowest BCUT2D eigenvalue weighted by atomic mass is 10.1. The van der Waals surface area contributed by atoms with Gasteiger partial charge >= 0.3 is 0 Å². The van der Waals surface area contributed by atoms with Crippen molar-refractivity contribution in [2.45, 2.75) is 26.2 Å². The molecule has 0 atom stereocenters. The molecule has 1 heteroatoms. The molecule has 0 aliphatic carbocycles. The summed E-state index contributed by atoms with van der Waals surface area (Å²) >= 11 is 0. The predicted octanol–water partition coefficient (Wildman–Crippen LogP) is 2.85. The van der Waals surface area contributed by atoms with Crippen LogP contribution in [0.2, 0.25) is 0 Å². The van der Waals surface area contributed by atoms with Crippen molar-refractivity contribution >= 4 is 5.69 Å². The van der Waals surface area contributed by atoms with Crippen molar-refractivity contribution in [3.8, 4) is 0 Å². The normalized spacial score (nSPS) is 16.5. The van der Waals surface area contributed by atoms with Crippen LogP contribution < -0.4 is 4.90 Å². The van der Waals surface area contributed by atoms with E-state index in [1.54, 1.807) is 0 Å². The molecule has 1 nitrogen and oxygen atoms in total.